The van der Waals surface area contributed by atoms with Gasteiger partial charge in [-0.3, -0.25) is 0 Å². The lowest BCUT2D eigenvalue weighted by molar-refractivity contribution is 1.60. The van der Waals surface area contributed by atoms with Gasteiger partial charge in [-0.1, -0.05) is 85.0 Å². The molecule has 0 amide bonds. The Balaban J connectivity index is 2.08. The molecule has 100 valence electrons. The third kappa shape index (κ3) is 4.10. The van der Waals surface area contributed by atoms with Crippen LogP contribution in [0.25, 0.3) is 24.3 Å². The second-order valence-electron chi connectivity index (χ2n) is 4.67. The third-order valence-corrected chi connectivity index (χ3v) is 3.06. The van der Waals surface area contributed by atoms with Crippen molar-refractivity contribution in [3.8, 4) is 0 Å². The second kappa shape index (κ2) is 7.30. The van der Waals surface area contributed by atoms with Crippen LogP contribution >= 0.6 is 0 Å². The Morgan fingerprint density at radius 1 is 0.450 bits per heavy atom. The largest absolute Gasteiger partial charge is 0.0871 e. The first kappa shape index (κ1) is 14.1. The van der Waals surface area contributed by atoms with Crippen LogP contribution in [0, 0.1) is 0 Å². The van der Waals surface area contributed by atoms with Crippen molar-refractivity contribution in [3.05, 3.63) is 82.9 Å². The first-order valence-corrected chi connectivity index (χ1v) is 6.95. The molecule has 0 spiro atoms. The smallest absolute Gasteiger partial charge is 0.0256 e. The average Bonchev–Trinajstić information content (AvgIpc) is 2.49. The molecule has 2 aromatic carbocycles. The predicted molar refractivity (Wildman–Crippen MR) is 91.2 cm³/mol. The molecule has 2 rings (SSSR count). The van der Waals surface area contributed by atoms with Gasteiger partial charge in [0.2, 0.25) is 0 Å². The molecule has 0 saturated heterocycles. The summed E-state index contributed by atoms with van der Waals surface area (Å²) in [7, 11) is 0. The van der Waals surface area contributed by atoms with Gasteiger partial charge in [0, 0.05) is 0 Å². The second-order valence-corrected chi connectivity index (χ2v) is 4.67. The van der Waals surface area contributed by atoms with Crippen LogP contribution in [0.5, 0.6) is 0 Å². The first-order chi connectivity index (χ1) is 9.81. The molecular formula is C20H20. The maximum absolute atomic E-state index is 2.14. The van der Waals surface area contributed by atoms with Crippen LogP contribution < -0.4 is 0 Å². The third-order valence-electron chi connectivity index (χ3n) is 3.06. The fraction of sp³-hybridized carbons (Fsp3) is 0.100. The van der Waals surface area contributed by atoms with E-state index in [9.17, 15) is 0 Å². The standard InChI is InChI=1S/C20H20/c1-3-5-17-7-11-19(12-8-17)15-16-20-13-9-18(6-4-2)10-14-20/h3-16H,1-2H3/b5-3+,6-4+,16-15+. The van der Waals surface area contributed by atoms with E-state index in [0.29, 0.717) is 0 Å². The van der Waals surface area contributed by atoms with E-state index < -0.39 is 0 Å². The van der Waals surface area contributed by atoms with Crippen molar-refractivity contribution in [1.82, 2.24) is 0 Å². The van der Waals surface area contributed by atoms with Crippen LogP contribution in [0.1, 0.15) is 36.1 Å². The molecular weight excluding hydrogens is 240 g/mol. The lowest BCUT2D eigenvalue weighted by Crippen LogP contribution is -1.76. The van der Waals surface area contributed by atoms with Crippen LogP contribution in [0.15, 0.2) is 60.7 Å². The monoisotopic (exact) mass is 260 g/mol. The predicted octanol–water partition coefficient (Wildman–Crippen LogP) is 5.92. The van der Waals surface area contributed by atoms with Crippen molar-refractivity contribution < 1.29 is 0 Å². The van der Waals surface area contributed by atoms with Crippen LogP contribution in [0.2, 0.25) is 0 Å². The molecule has 0 radical (unpaired) electrons. The molecule has 0 atom stereocenters. The fourth-order valence-electron chi connectivity index (χ4n) is 2.01. The van der Waals surface area contributed by atoms with E-state index in [1.807, 2.05) is 13.8 Å². The Morgan fingerprint density at radius 2 is 0.700 bits per heavy atom. The van der Waals surface area contributed by atoms with Crippen LogP contribution in [0.3, 0.4) is 0 Å². The van der Waals surface area contributed by atoms with Gasteiger partial charge in [-0.2, -0.15) is 0 Å². The van der Waals surface area contributed by atoms with E-state index in [1.165, 1.54) is 22.3 Å². The molecule has 20 heavy (non-hydrogen) atoms. The van der Waals surface area contributed by atoms with E-state index in [1.54, 1.807) is 0 Å². The minimum absolute atomic E-state index is 1.22. The minimum atomic E-state index is 1.22. The summed E-state index contributed by atoms with van der Waals surface area (Å²) < 4.78 is 0. The molecule has 0 aliphatic carbocycles. The number of rotatable bonds is 4. The van der Waals surface area contributed by atoms with Gasteiger partial charge < -0.3 is 0 Å². The van der Waals surface area contributed by atoms with E-state index in [2.05, 4.69) is 85.0 Å². The molecule has 0 heteroatoms. The number of hydrogen-bond donors (Lipinski definition) is 0. The number of benzene rings is 2. The highest BCUT2D eigenvalue weighted by atomic mass is 14.0. The topological polar surface area (TPSA) is 0 Å². The number of allylic oxidation sites excluding steroid dienone is 2. The average molecular weight is 260 g/mol. The summed E-state index contributed by atoms with van der Waals surface area (Å²) in [4.78, 5) is 0. The molecule has 0 aliphatic heterocycles. The Labute approximate surface area is 121 Å². The summed E-state index contributed by atoms with van der Waals surface area (Å²) in [5.74, 6) is 0. The van der Waals surface area contributed by atoms with Crippen LogP contribution in [0.4, 0.5) is 0 Å². The quantitative estimate of drug-likeness (QED) is 0.598. The van der Waals surface area contributed by atoms with Crippen LogP contribution in [-0.2, 0) is 0 Å². The van der Waals surface area contributed by atoms with Gasteiger partial charge in [-0.15, -0.1) is 0 Å². The summed E-state index contributed by atoms with van der Waals surface area (Å²) in [5, 5.41) is 0. The number of hydrogen-bond acceptors (Lipinski definition) is 0. The minimum Gasteiger partial charge on any atom is -0.0871 e. The highest BCUT2D eigenvalue weighted by Crippen LogP contribution is 2.12. The van der Waals surface area contributed by atoms with E-state index in [0.717, 1.165) is 0 Å². The summed E-state index contributed by atoms with van der Waals surface area (Å²) in [6, 6.07) is 17.1. The molecule has 0 unspecified atom stereocenters. The molecule has 0 N–H and O–H groups in total. The summed E-state index contributed by atoms with van der Waals surface area (Å²) in [6.07, 6.45) is 12.6. The van der Waals surface area contributed by atoms with E-state index in [-0.39, 0.29) is 0 Å². The Hall–Kier alpha value is -2.34. The maximum Gasteiger partial charge on any atom is -0.0256 e. The zero-order valence-corrected chi connectivity index (χ0v) is 12.1. The molecule has 2 aromatic rings. The van der Waals surface area contributed by atoms with Crippen molar-refractivity contribution in [2.75, 3.05) is 0 Å². The highest BCUT2D eigenvalue weighted by molar-refractivity contribution is 5.70. The van der Waals surface area contributed by atoms with Gasteiger partial charge in [-0.25, -0.2) is 0 Å². The lowest BCUT2D eigenvalue weighted by Gasteiger charge is -1.98. The molecule has 0 bridgehead atoms. The SMILES string of the molecule is C/C=C/c1ccc(/C=C/c2ccc(/C=C/C)cc2)cc1. The first-order valence-electron chi connectivity index (χ1n) is 6.95. The lowest BCUT2D eigenvalue weighted by atomic mass is 10.1. The van der Waals surface area contributed by atoms with Gasteiger partial charge in [0.05, 0.1) is 0 Å². The summed E-state index contributed by atoms with van der Waals surface area (Å²) in [6.45, 7) is 4.07. The zero-order chi connectivity index (χ0) is 14.2. The van der Waals surface area contributed by atoms with Gasteiger partial charge in [-0.05, 0) is 36.1 Å². The molecule has 0 fully saturated rings. The van der Waals surface area contributed by atoms with Gasteiger partial charge in [0.15, 0.2) is 0 Å². The van der Waals surface area contributed by atoms with Crippen molar-refractivity contribution >= 4 is 24.3 Å². The molecule has 0 aromatic heterocycles. The van der Waals surface area contributed by atoms with Gasteiger partial charge in [0.25, 0.3) is 0 Å². The van der Waals surface area contributed by atoms with Gasteiger partial charge in [0.1, 0.15) is 0 Å². The summed E-state index contributed by atoms with van der Waals surface area (Å²) in [5.41, 5.74) is 4.91. The molecule has 0 heterocycles. The van der Waals surface area contributed by atoms with Crippen molar-refractivity contribution in [2.45, 2.75) is 13.8 Å². The van der Waals surface area contributed by atoms with Crippen molar-refractivity contribution in [1.29, 1.82) is 0 Å². The van der Waals surface area contributed by atoms with E-state index in [4.69, 9.17) is 0 Å². The van der Waals surface area contributed by atoms with Crippen molar-refractivity contribution in [2.24, 2.45) is 0 Å². The van der Waals surface area contributed by atoms with Crippen molar-refractivity contribution in [3.63, 3.8) is 0 Å². The van der Waals surface area contributed by atoms with E-state index >= 15 is 0 Å². The summed E-state index contributed by atoms with van der Waals surface area (Å²) >= 11 is 0. The van der Waals surface area contributed by atoms with Crippen LogP contribution in [-0.4, -0.2) is 0 Å². The zero-order valence-electron chi connectivity index (χ0n) is 12.1. The molecule has 0 nitrogen and oxygen atoms in total. The molecule has 0 saturated carbocycles. The Kier molecular flexibility index (Phi) is 5.14. The molecule has 0 aliphatic rings. The normalized spacial score (nSPS) is 11.9. The van der Waals surface area contributed by atoms with Gasteiger partial charge >= 0.3 is 0 Å². The highest BCUT2D eigenvalue weighted by Gasteiger charge is 1.90. The Morgan fingerprint density at radius 3 is 0.950 bits per heavy atom. The maximum atomic E-state index is 2.14. The Bertz CT molecular complexity index is 551. The fourth-order valence-corrected chi connectivity index (χ4v) is 2.01.